The van der Waals surface area contributed by atoms with Gasteiger partial charge in [0.25, 0.3) is 0 Å². The van der Waals surface area contributed by atoms with Gasteiger partial charge in [-0.05, 0) is 67.9 Å². The molecule has 120 valence electrons. The van der Waals surface area contributed by atoms with E-state index in [1.807, 2.05) is 30.4 Å². The van der Waals surface area contributed by atoms with Gasteiger partial charge in [-0.3, -0.25) is 0 Å². The van der Waals surface area contributed by atoms with E-state index >= 15 is 0 Å². The SMILES string of the molecule is Cc1ccc(-c2cccs2)s1.Cc1ccco1.Cc1cccs1. The van der Waals surface area contributed by atoms with Crippen LogP contribution in [0, 0.1) is 20.8 Å². The second-order valence-electron chi connectivity index (χ2n) is 4.84. The van der Waals surface area contributed by atoms with Crippen molar-refractivity contribution in [3.63, 3.8) is 0 Å². The van der Waals surface area contributed by atoms with Gasteiger partial charge in [-0.25, -0.2) is 0 Å². The molecule has 0 atom stereocenters. The molecule has 0 aliphatic heterocycles. The molecule has 0 radical (unpaired) electrons. The topological polar surface area (TPSA) is 13.1 Å². The lowest BCUT2D eigenvalue weighted by Gasteiger charge is -1.86. The summed E-state index contributed by atoms with van der Waals surface area (Å²) in [6.07, 6.45) is 1.66. The summed E-state index contributed by atoms with van der Waals surface area (Å²) in [7, 11) is 0. The van der Waals surface area contributed by atoms with Gasteiger partial charge < -0.3 is 4.42 Å². The Morgan fingerprint density at radius 1 is 0.696 bits per heavy atom. The highest BCUT2D eigenvalue weighted by Gasteiger charge is 1.99. The van der Waals surface area contributed by atoms with Gasteiger partial charge in [0.15, 0.2) is 0 Å². The molecule has 4 aromatic rings. The first-order valence-corrected chi connectivity index (χ1v) is 9.83. The molecule has 0 aliphatic carbocycles. The van der Waals surface area contributed by atoms with Crippen molar-refractivity contribution < 1.29 is 4.42 Å². The number of hydrogen-bond acceptors (Lipinski definition) is 4. The second kappa shape index (κ2) is 9.50. The molecule has 4 heterocycles. The van der Waals surface area contributed by atoms with Crippen molar-refractivity contribution in [1.29, 1.82) is 0 Å². The number of rotatable bonds is 1. The highest BCUT2D eigenvalue weighted by atomic mass is 32.1. The van der Waals surface area contributed by atoms with E-state index < -0.39 is 0 Å². The molecule has 0 saturated heterocycles. The molecule has 23 heavy (non-hydrogen) atoms. The van der Waals surface area contributed by atoms with Crippen molar-refractivity contribution in [2.45, 2.75) is 20.8 Å². The van der Waals surface area contributed by atoms with E-state index in [-0.39, 0.29) is 0 Å². The van der Waals surface area contributed by atoms with Crippen LogP contribution in [0.3, 0.4) is 0 Å². The molecule has 0 aromatic carbocycles. The molecule has 0 amide bonds. The third-order valence-corrected chi connectivity index (χ3v) is 5.70. The Hall–Kier alpha value is -1.62. The quantitative estimate of drug-likeness (QED) is 0.344. The van der Waals surface area contributed by atoms with Gasteiger partial charge in [-0.1, -0.05) is 12.1 Å². The summed E-state index contributed by atoms with van der Waals surface area (Å²) in [4.78, 5) is 5.53. The first-order valence-electron chi connectivity index (χ1n) is 7.25. The van der Waals surface area contributed by atoms with E-state index in [1.165, 1.54) is 19.5 Å². The number of hydrogen-bond donors (Lipinski definition) is 0. The van der Waals surface area contributed by atoms with Gasteiger partial charge in [0.1, 0.15) is 5.76 Å². The summed E-state index contributed by atoms with van der Waals surface area (Å²) in [5, 5.41) is 4.19. The summed E-state index contributed by atoms with van der Waals surface area (Å²) in [5.74, 6) is 0.968. The van der Waals surface area contributed by atoms with Crippen molar-refractivity contribution in [3.05, 3.63) is 81.1 Å². The molecule has 0 spiro atoms. The molecule has 4 aromatic heterocycles. The zero-order valence-electron chi connectivity index (χ0n) is 13.5. The highest BCUT2D eigenvalue weighted by molar-refractivity contribution is 7.21. The number of aryl methyl sites for hydroxylation is 3. The smallest absolute Gasteiger partial charge is 0.100 e. The highest BCUT2D eigenvalue weighted by Crippen LogP contribution is 2.30. The Bertz CT molecular complexity index is 715. The first kappa shape index (κ1) is 17.7. The van der Waals surface area contributed by atoms with Crippen molar-refractivity contribution in [2.24, 2.45) is 0 Å². The van der Waals surface area contributed by atoms with Crippen molar-refractivity contribution >= 4 is 34.0 Å². The van der Waals surface area contributed by atoms with Crippen molar-refractivity contribution in [1.82, 2.24) is 0 Å². The summed E-state index contributed by atoms with van der Waals surface area (Å²) >= 11 is 5.43. The standard InChI is InChI=1S/C9H8S2.C5H6O.C5H6S/c1-7-4-5-9(11-7)8-3-2-6-10-8;2*1-5-3-2-4-6-5/h2-6H,1H3;2*2-4H,1H3. The van der Waals surface area contributed by atoms with Crippen LogP contribution in [0.5, 0.6) is 0 Å². The molecule has 0 N–H and O–H groups in total. The van der Waals surface area contributed by atoms with Gasteiger partial charge >= 0.3 is 0 Å². The van der Waals surface area contributed by atoms with E-state index in [0.29, 0.717) is 0 Å². The Labute approximate surface area is 149 Å². The Kier molecular flexibility index (Phi) is 7.33. The predicted molar refractivity (Wildman–Crippen MR) is 105 cm³/mol. The third-order valence-electron chi connectivity index (χ3n) is 2.83. The Morgan fingerprint density at radius 2 is 1.48 bits per heavy atom. The lowest BCUT2D eigenvalue weighted by atomic mass is 10.4. The Balaban J connectivity index is 0.000000136. The van der Waals surface area contributed by atoms with Crippen LogP contribution in [-0.2, 0) is 0 Å². The van der Waals surface area contributed by atoms with Crippen LogP contribution in [0.1, 0.15) is 15.5 Å². The molecule has 0 fully saturated rings. The maximum atomic E-state index is 4.83. The fourth-order valence-electron chi connectivity index (χ4n) is 1.71. The normalized spacial score (nSPS) is 9.52. The molecule has 0 unspecified atom stereocenters. The minimum Gasteiger partial charge on any atom is -0.470 e. The zero-order valence-corrected chi connectivity index (χ0v) is 15.9. The average Bonchev–Trinajstić information content (AvgIpc) is 3.26. The summed E-state index contributed by atoms with van der Waals surface area (Å²) in [6, 6.07) is 16.6. The van der Waals surface area contributed by atoms with E-state index in [0.717, 1.165) is 5.76 Å². The van der Waals surface area contributed by atoms with Crippen LogP contribution in [0.15, 0.2) is 70.0 Å². The van der Waals surface area contributed by atoms with Gasteiger partial charge in [-0.15, -0.1) is 34.0 Å². The van der Waals surface area contributed by atoms with Gasteiger partial charge in [0.2, 0.25) is 0 Å². The lowest BCUT2D eigenvalue weighted by Crippen LogP contribution is -1.55. The average molecular weight is 361 g/mol. The van der Waals surface area contributed by atoms with Crippen molar-refractivity contribution in [2.75, 3.05) is 0 Å². The lowest BCUT2D eigenvalue weighted by molar-refractivity contribution is 0.534. The molecule has 4 rings (SSSR count). The third kappa shape index (κ3) is 6.57. The molecule has 1 nitrogen and oxygen atoms in total. The molecular weight excluding hydrogens is 340 g/mol. The van der Waals surface area contributed by atoms with E-state index in [1.54, 1.807) is 28.9 Å². The summed E-state index contributed by atoms with van der Waals surface area (Å²) in [6.45, 7) is 6.16. The fourth-order valence-corrected chi connectivity index (χ4v) is 3.94. The molecule has 4 heteroatoms. The second-order valence-corrected chi connectivity index (χ2v) is 8.22. The van der Waals surface area contributed by atoms with Gasteiger partial charge in [-0.2, -0.15) is 0 Å². The molecular formula is C19H20OS3. The van der Waals surface area contributed by atoms with Crippen molar-refractivity contribution in [3.8, 4) is 9.75 Å². The van der Waals surface area contributed by atoms with Gasteiger partial charge in [0, 0.05) is 19.5 Å². The predicted octanol–water partition coefficient (Wildman–Crippen LogP) is 7.43. The molecule has 0 bridgehead atoms. The minimum absolute atomic E-state index is 0.968. The maximum absolute atomic E-state index is 4.83. The summed E-state index contributed by atoms with van der Waals surface area (Å²) in [5.41, 5.74) is 0. The maximum Gasteiger partial charge on any atom is 0.100 e. The van der Waals surface area contributed by atoms with E-state index in [2.05, 4.69) is 61.0 Å². The minimum atomic E-state index is 0.968. The zero-order chi connectivity index (χ0) is 16.5. The number of thiophene rings is 3. The van der Waals surface area contributed by atoms with Crippen LogP contribution >= 0.6 is 34.0 Å². The van der Waals surface area contributed by atoms with Crippen LogP contribution in [-0.4, -0.2) is 0 Å². The van der Waals surface area contributed by atoms with E-state index in [4.69, 9.17) is 4.42 Å². The fraction of sp³-hybridized carbons (Fsp3) is 0.158. The monoisotopic (exact) mass is 360 g/mol. The summed E-state index contributed by atoms with van der Waals surface area (Å²) < 4.78 is 4.83. The van der Waals surface area contributed by atoms with Crippen LogP contribution in [0.4, 0.5) is 0 Å². The van der Waals surface area contributed by atoms with E-state index in [9.17, 15) is 0 Å². The number of furan rings is 1. The van der Waals surface area contributed by atoms with Crippen LogP contribution < -0.4 is 0 Å². The van der Waals surface area contributed by atoms with Crippen LogP contribution in [0.2, 0.25) is 0 Å². The van der Waals surface area contributed by atoms with Crippen LogP contribution in [0.25, 0.3) is 9.75 Å². The first-order chi connectivity index (χ1) is 11.1. The molecule has 0 saturated carbocycles. The van der Waals surface area contributed by atoms with Gasteiger partial charge in [0.05, 0.1) is 6.26 Å². The Morgan fingerprint density at radius 3 is 1.83 bits per heavy atom. The molecule has 0 aliphatic rings. The largest absolute Gasteiger partial charge is 0.470 e.